The maximum absolute atomic E-state index is 6.20. The number of halogens is 1. The Labute approximate surface area is 163 Å². The molecule has 0 atom stereocenters. The first-order valence-corrected chi connectivity index (χ1v) is 9.88. The summed E-state index contributed by atoms with van der Waals surface area (Å²) in [5.41, 5.74) is 3.21. The average Bonchev–Trinajstić information content (AvgIpc) is 3.01. The van der Waals surface area contributed by atoms with Crippen LogP contribution in [0.15, 0.2) is 46.0 Å². The number of aromatic nitrogens is 3. The number of benzene rings is 2. The number of rotatable bonds is 4. The Kier molecular flexibility index (Phi) is 4.78. The van der Waals surface area contributed by atoms with E-state index in [2.05, 4.69) is 26.1 Å². The summed E-state index contributed by atoms with van der Waals surface area (Å²) in [5.74, 6) is 9.06. The van der Waals surface area contributed by atoms with Gasteiger partial charge in [0.15, 0.2) is 17.3 Å². The molecular formula is C18H17BrN4O2S. The van der Waals surface area contributed by atoms with Crippen molar-refractivity contribution in [1.29, 1.82) is 0 Å². The van der Waals surface area contributed by atoms with Gasteiger partial charge in [-0.2, -0.15) is 0 Å². The van der Waals surface area contributed by atoms with Gasteiger partial charge in [0.1, 0.15) is 13.2 Å². The third kappa shape index (κ3) is 3.39. The molecule has 4 rings (SSSR count). The molecule has 0 saturated carbocycles. The number of aryl methyl sites for hydroxylation is 1. The Balaban J connectivity index is 1.53. The molecule has 0 spiro atoms. The molecule has 26 heavy (non-hydrogen) atoms. The van der Waals surface area contributed by atoms with E-state index in [0.717, 1.165) is 27.1 Å². The number of ether oxygens (including phenoxy) is 2. The molecule has 0 bridgehead atoms. The number of nitrogen functional groups attached to an aromatic ring is 1. The Morgan fingerprint density at radius 2 is 1.81 bits per heavy atom. The van der Waals surface area contributed by atoms with Crippen molar-refractivity contribution < 1.29 is 9.47 Å². The SMILES string of the molecule is Cc1ccc(-c2nnc(SCc3cc4c(cc3Br)OCCO4)n2N)cc1. The van der Waals surface area contributed by atoms with E-state index < -0.39 is 0 Å². The Hall–Kier alpha value is -2.19. The molecule has 1 aliphatic rings. The Morgan fingerprint density at radius 1 is 1.12 bits per heavy atom. The number of hydrogen-bond acceptors (Lipinski definition) is 6. The van der Waals surface area contributed by atoms with Gasteiger partial charge in [-0.3, -0.25) is 0 Å². The van der Waals surface area contributed by atoms with E-state index in [4.69, 9.17) is 15.3 Å². The largest absolute Gasteiger partial charge is 0.486 e. The van der Waals surface area contributed by atoms with Gasteiger partial charge in [0, 0.05) is 15.8 Å². The zero-order valence-corrected chi connectivity index (χ0v) is 16.5. The van der Waals surface area contributed by atoms with Crippen LogP contribution in [0, 0.1) is 6.92 Å². The maximum atomic E-state index is 6.20. The van der Waals surface area contributed by atoms with Crippen molar-refractivity contribution in [2.24, 2.45) is 0 Å². The van der Waals surface area contributed by atoms with Crippen molar-refractivity contribution in [3.05, 3.63) is 52.0 Å². The molecule has 3 aromatic rings. The quantitative estimate of drug-likeness (QED) is 0.499. The fourth-order valence-corrected chi connectivity index (χ4v) is 4.13. The second-order valence-electron chi connectivity index (χ2n) is 5.92. The van der Waals surface area contributed by atoms with Crippen molar-refractivity contribution in [2.75, 3.05) is 19.1 Å². The van der Waals surface area contributed by atoms with Gasteiger partial charge in [0.25, 0.3) is 0 Å². The molecule has 0 saturated heterocycles. The fraction of sp³-hybridized carbons (Fsp3) is 0.222. The topological polar surface area (TPSA) is 75.2 Å². The van der Waals surface area contributed by atoms with Crippen LogP contribution in [0.25, 0.3) is 11.4 Å². The van der Waals surface area contributed by atoms with Crippen molar-refractivity contribution >= 4 is 27.7 Å². The molecule has 0 amide bonds. The average molecular weight is 433 g/mol. The summed E-state index contributed by atoms with van der Waals surface area (Å²) in [5, 5.41) is 9.11. The monoisotopic (exact) mass is 432 g/mol. The van der Waals surface area contributed by atoms with Crippen molar-refractivity contribution in [3.63, 3.8) is 0 Å². The summed E-state index contributed by atoms with van der Waals surface area (Å²) in [6.07, 6.45) is 0. The van der Waals surface area contributed by atoms with Gasteiger partial charge in [-0.25, -0.2) is 4.68 Å². The van der Waals surface area contributed by atoms with E-state index in [1.807, 2.05) is 43.3 Å². The maximum Gasteiger partial charge on any atom is 0.210 e. The van der Waals surface area contributed by atoms with E-state index >= 15 is 0 Å². The third-order valence-corrected chi connectivity index (χ3v) is 5.77. The first-order chi connectivity index (χ1) is 12.6. The van der Waals surface area contributed by atoms with Gasteiger partial charge in [-0.05, 0) is 24.6 Å². The highest BCUT2D eigenvalue weighted by Gasteiger charge is 2.17. The van der Waals surface area contributed by atoms with Crippen LogP contribution in [0.3, 0.4) is 0 Å². The zero-order valence-electron chi connectivity index (χ0n) is 14.1. The van der Waals surface area contributed by atoms with Gasteiger partial charge in [-0.1, -0.05) is 57.5 Å². The number of fused-ring (bicyclic) bond motifs is 1. The second kappa shape index (κ2) is 7.20. The molecule has 1 aliphatic heterocycles. The van der Waals surface area contributed by atoms with E-state index in [0.29, 0.717) is 29.9 Å². The predicted octanol–water partition coefficient (Wildman–Crippen LogP) is 3.79. The summed E-state index contributed by atoms with van der Waals surface area (Å²) in [6.45, 7) is 3.19. The molecule has 0 fully saturated rings. The number of nitrogens with two attached hydrogens (primary N) is 1. The summed E-state index contributed by atoms with van der Waals surface area (Å²) >= 11 is 5.11. The number of hydrogen-bond donors (Lipinski definition) is 1. The van der Waals surface area contributed by atoms with Crippen LogP contribution < -0.4 is 15.3 Å². The van der Waals surface area contributed by atoms with Gasteiger partial charge < -0.3 is 15.3 Å². The smallest absolute Gasteiger partial charge is 0.210 e. The molecule has 2 aromatic carbocycles. The van der Waals surface area contributed by atoms with Crippen LogP contribution in [-0.4, -0.2) is 28.1 Å². The minimum atomic E-state index is 0.568. The van der Waals surface area contributed by atoms with Crippen molar-refractivity contribution in [2.45, 2.75) is 17.8 Å². The highest BCUT2D eigenvalue weighted by molar-refractivity contribution is 9.10. The van der Waals surface area contributed by atoms with E-state index in [-0.39, 0.29) is 0 Å². The lowest BCUT2D eigenvalue weighted by molar-refractivity contribution is 0.171. The van der Waals surface area contributed by atoms with Crippen LogP contribution >= 0.6 is 27.7 Å². The van der Waals surface area contributed by atoms with E-state index in [1.165, 1.54) is 22.0 Å². The molecule has 6 nitrogen and oxygen atoms in total. The van der Waals surface area contributed by atoms with E-state index in [1.54, 1.807) is 0 Å². The van der Waals surface area contributed by atoms with Crippen LogP contribution in [0.5, 0.6) is 11.5 Å². The minimum Gasteiger partial charge on any atom is -0.486 e. The normalized spacial score (nSPS) is 13.0. The third-order valence-electron chi connectivity index (χ3n) is 4.04. The number of nitrogens with zero attached hydrogens (tertiary/aromatic N) is 3. The fourth-order valence-electron chi connectivity index (χ4n) is 2.63. The highest BCUT2D eigenvalue weighted by Crippen LogP contribution is 2.37. The predicted molar refractivity (Wildman–Crippen MR) is 105 cm³/mol. The van der Waals surface area contributed by atoms with E-state index in [9.17, 15) is 0 Å². The van der Waals surface area contributed by atoms with Gasteiger partial charge in [0.2, 0.25) is 5.16 Å². The molecule has 134 valence electrons. The first kappa shape index (κ1) is 17.2. The van der Waals surface area contributed by atoms with Crippen LogP contribution in [-0.2, 0) is 5.75 Å². The zero-order chi connectivity index (χ0) is 18.1. The molecule has 0 unspecified atom stereocenters. The number of thioether (sulfide) groups is 1. The van der Waals surface area contributed by atoms with Gasteiger partial charge >= 0.3 is 0 Å². The van der Waals surface area contributed by atoms with Crippen LogP contribution in [0.4, 0.5) is 0 Å². The summed E-state index contributed by atoms with van der Waals surface area (Å²) in [7, 11) is 0. The van der Waals surface area contributed by atoms with Crippen LogP contribution in [0.2, 0.25) is 0 Å². The summed E-state index contributed by atoms with van der Waals surface area (Å²) in [4.78, 5) is 0. The highest BCUT2D eigenvalue weighted by atomic mass is 79.9. The molecule has 1 aromatic heterocycles. The first-order valence-electron chi connectivity index (χ1n) is 8.10. The van der Waals surface area contributed by atoms with Crippen LogP contribution in [0.1, 0.15) is 11.1 Å². The minimum absolute atomic E-state index is 0.568. The lowest BCUT2D eigenvalue weighted by atomic mass is 10.1. The van der Waals surface area contributed by atoms with Crippen molar-refractivity contribution in [1.82, 2.24) is 14.9 Å². The molecule has 8 heteroatoms. The summed E-state index contributed by atoms with van der Waals surface area (Å²) < 4.78 is 13.7. The standard InChI is InChI=1S/C18H17BrN4O2S/c1-11-2-4-12(5-3-11)17-21-22-18(23(17)20)26-10-13-8-15-16(9-14(13)19)25-7-6-24-15/h2-5,8-9H,6-7,10,20H2,1H3. The van der Waals surface area contributed by atoms with Gasteiger partial charge in [0.05, 0.1) is 0 Å². The molecule has 0 radical (unpaired) electrons. The lowest BCUT2D eigenvalue weighted by Gasteiger charge is -2.19. The summed E-state index contributed by atoms with van der Waals surface area (Å²) in [6, 6.07) is 12.0. The molecular weight excluding hydrogens is 416 g/mol. The Morgan fingerprint density at radius 3 is 2.54 bits per heavy atom. The molecule has 2 heterocycles. The van der Waals surface area contributed by atoms with Crippen molar-refractivity contribution in [3.8, 4) is 22.9 Å². The Bertz CT molecular complexity index is 943. The lowest BCUT2D eigenvalue weighted by Crippen LogP contribution is -2.15. The second-order valence-corrected chi connectivity index (χ2v) is 7.71. The molecule has 2 N–H and O–H groups in total. The van der Waals surface area contributed by atoms with Gasteiger partial charge in [-0.15, -0.1) is 10.2 Å². The molecule has 0 aliphatic carbocycles.